The lowest BCUT2D eigenvalue weighted by atomic mass is 10.1. The Bertz CT molecular complexity index is 441. The van der Waals surface area contributed by atoms with Gasteiger partial charge in [0.05, 0.1) is 6.07 Å². The zero-order valence-electron chi connectivity index (χ0n) is 6.96. The minimum Gasteiger partial charge on any atom is -0.205 e. The number of nitriles is 2. The average molecular weight is 190 g/mol. The van der Waals surface area contributed by atoms with Crippen LogP contribution in [-0.4, -0.2) is 0 Å². The Morgan fingerprint density at radius 3 is 2.14 bits per heavy atom. The number of benzene rings is 1. The van der Waals surface area contributed by atoms with Crippen LogP contribution in [0.1, 0.15) is 11.1 Å². The Hall–Kier alpha value is -2.20. The molecule has 1 aromatic rings. The maximum Gasteiger partial charge on any atom is 0.144 e. The second kappa shape index (κ2) is 4.15. The van der Waals surface area contributed by atoms with Gasteiger partial charge in [0.15, 0.2) is 0 Å². The number of halogens is 2. The molecular formula is C10H4F2N2. The third kappa shape index (κ3) is 1.94. The lowest BCUT2D eigenvalue weighted by molar-refractivity contribution is 0.576. The van der Waals surface area contributed by atoms with Gasteiger partial charge in [-0.25, -0.2) is 8.78 Å². The number of hydrogen-bond donors (Lipinski definition) is 0. The first-order valence-corrected chi connectivity index (χ1v) is 3.64. The second-order valence-electron chi connectivity index (χ2n) is 2.43. The quantitative estimate of drug-likeness (QED) is 0.638. The number of nitrogens with zero attached hydrogens (tertiary/aromatic N) is 2. The highest BCUT2D eigenvalue weighted by molar-refractivity contribution is 5.53. The van der Waals surface area contributed by atoms with E-state index in [0.717, 1.165) is 18.2 Å². The van der Waals surface area contributed by atoms with Gasteiger partial charge in [0.2, 0.25) is 0 Å². The third-order valence-electron chi connectivity index (χ3n) is 1.53. The van der Waals surface area contributed by atoms with Crippen molar-refractivity contribution in [2.45, 2.75) is 0 Å². The summed E-state index contributed by atoms with van der Waals surface area (Å²) in [5.41, 5.74) is -0.403. The molecule has 0 fully saturated rings. The van der Waals surface area contributed by atoms with E-state index in [4.69, 9.17) is 10.5 Å². The van der Waals surface area contributed by atoms with Gasteiger partial charge in [-0.15, -0.1) is 0 Å². The summed E-state index contributed by atoms with van der Waals surface area (Å²) in [7, 11) is 0. The molecule has 0 N–H and O–H groups in total. The van der Waals surface area contributed by atoms with E-state index in [1.807, 2.05) is 0 Å². The molecule has 0 aliphatic carbocycles. The largest absolute Gasteiger partial charge is 0.205 e. The van der Waals surface area contributed by atoms with Crippen LogP contribution in [0.4, 0.5) is 8.78 Å². The summed E-state index contributed by atoms with van der Waals surface area (Å²) >= 11 is 0. The molecule has 0 spiro atoms. The predicted molar refractivity (Wildman–Crippen MR) is 45.7 cm³/mol. The molecule has 2 nitrogen and oxygen atoms in total. The molecule has 4 heteroatoms. The standard InChI is InChI=1S/C10H4F2N2/c11-9-4-7(2-1-3-13)5-10(12)8(9)6-14/h1-2,4-5H. The smallest absolute Gasteiger partial charge is 0.144 e. The highest BCUT2D eigenvalue weighted by Gasteiger charge is 2.08. The third-order valence-corrected chi connectivity index (χ3v) is 1.53. The molecule has 1 aromatic carbocycles. The van der Waals surface area contributed by atoms with Crippen molar-refractivity contribution >= 4 is 6.08 Å². The number of rotatable bonds is 1. The van der Waals surface area contributed by atoms with E-state index in [9.17, 15) is 8.78 Å². The fraction of sp³-hybridized carbons (Fsp3) is 0. The molecule has 14 heavy (non-hydrogen) atoms. The highest BCUT2D eigenvalue weighted by Crippen LogP contribution is 2.15. The molecule has 0 unspecified atom stereocenters. The maximum absolute atomic E-state index is 13.0. The van der Waals surface area contributed by atoms with Gasteiger partial charge in [-0.2, -0.15) is 10.5 Å². The summed E-state index contributed by atoms with van der Waals surface area (Å²) in [4.78, 5) is 0. The maximum atomic E-state index is 13.0. The van der Waals surface area contributed by atoms with Gasteiger partial charge in [-0.05, 0) is 23.8 Å². The topological polar surface area (TPSA) is 47.6 Å². The lowest BCUT2D eigenvalue weighted by Crippen LogP contribution is -1.91. The second-order valence-corrected chi connectivity index (χ2v) is 2.43. The van der Waals surface area contributed by atoms with Crippen LogP contribution in [0.3, 0.4) is 0 Å². The van der Waals surface area contributed by atoms with Crippen LogP contribution in [0.5, 0.6) is 0 Å². The van der Waals surface area contributed by atoms with Gasteiger partial charge in [0, 0.05) is 6.08 Å². The van der Waals surface area contributed by atoms with Crippen molar-refractivity contribution in [3.63, 3.8) is 0 Å². The van der Waals surface area contributed by atoms with Gasteiger partial charge in [-0.3, -0.25) is 0 Å². The fourth-order valence-electron chi connectivity index (χ4n) is 0.929. The summed E-state index contributed by atoms with van der Waals surface area (Å²) in [5.74, 6) is -1.85. The first-order valence-electron chi connectivity index (χ1n) is 3.64. The Kier molecular flexibility index (Phi) is 2.93. The van der Waals surface area contributed by atoms with Crippen LogP contribution in [0.15, 0.2) is 18.2 Å². The van der Waals surface area contributed by atoms with Gasteiger partial charge in [0.25, 0.3) is 0 Å². The van der Waals surface area contributed by atoms with E-state index in [2.05, 4.69) is 0 Å². The summed E-state index contributed by atoms with van der Waals surface area (Å²) in [5, 5.41) is 16.6. The average Bonchev–Trinajstić information content (AvgIpc) is 2.14. The van der Waals surface area contributed by atoms with E-state index < -0.39 is 17.2 Å². The van der Waals surface area contributed by atoms with E-state index in [1.54, 1.807) is 6.07 Å². The fourth-order valence-corrected chi connectivity index (χ4v) is 0.929. The molecule has 0 aliphatic heterocycles. The zero-order valence-corrected chi connectivity index (χ0v) is 6.96. The van der Waals surface area contributed by atoms with Crippen molar-refractivity contribution in [1.29, 1.82) is 10.5 Å². The summed E-state index contributed by atoms with van der Waals surface area (Å²) in [6, 6.07) is 5.09. The first-order chi connectivity index (χ1) is 6.69. The van der Waals surface area contributed by atoms with Crippen molar-refractivity contribution in [2.24, 2.45) is 0 Å². The normalized spacial score (nSPS) is 9.71. The van der Waals surface area contributed by atoms with Crippen molar-refractivity contribution in [3.8, 4) is 12.1 Å². The van der Waals surface area contributed by atoms with E-state index in [0.29, 0.717) is 0 Å². The molecule has 0 aliphatic rings. The molecule has 0 saturated carbocycles. The van der Waals surface area contributed by atoms with E-state index >= 15 is 0 Å². The Balaban J connectivity index is 3.24. The van der Waals surface area contributed by atoms with Crippen molar-refractivity contribution in [2.75, 3.05) is 0 Å². The lowest BCUT2D eigenvalue weighted by Gasteiger charge is -1.97. The minimum absolute atomic E-state index is 0.209. The van der Waals surface area contributed by atoms with Crippen LogP contribution >= 0.6 is 0 Å². The van der Waals surface area contributed by atoms with Gasteiger partial charge >= 0.3 is 0 Å². The van der Waals surface area contributed by atoms with Crippen LogP contribution in [0.25, 0.3) is 6.08 Å². The zero-order chi connectivity index (χ0) is 10.6. The molecule has 0 bridgehead atoms. The van der Waals surface area contributed by atoms with Crippen LogP contribution in [-0.2, 0) is 0 Å². The van der Waals surface area contributed by atoms with Crippen LogP contribution in [0, 0.1) is 34.3 Å². The molecule has 68 valence electrons. The summed E-state index contributed by atoms with van der Waals surface area (Å²) < 4.78 is 25.9. The molecule has 0 radical (unpaired) electrons. The van der Waals surface area contributed by atoms with Crippen LogP contribution < -0.4 is 0 Å². The van der Waals surface area contributed by atoms with Gasteiger partial charge < -0.3 is 0 Å². The molecule has 0 saturated heterocycles. The van der Waals surface area contributed by atoms with Crippen molar-refractivity contribution < 1.29 is 8.78 Å². The molecule has 0 amide bonds. The van der Waals surface area contributed by atoms with Crippen LogP contribution in [0.2, 0.25) is 0 Å². The first kappa shape index (κ1) is 9.88. The monoisotopic (exact) mass is 190 g/mol. The van der Waals surface area contributed by atoms with E-state index in [-0.39, 0.29) is 5.56 Å². The predicted octanol–water partition coefficient (Wildman–Crippen LogP) is 2.37. The number of hydrogen-bond acceptors (Lipinski definition) is 2. The highest BCUT2D eigenvalue weighted by atomic mass is 19.1. The van der Waals surface area contributed by atoms with Crippen molar-refractivity contribution in [1.82, 2.24) is 0 Å². The Morgan fingerprint density at radius 2 is 1.71 bits per heavy atom. The molecule has 0 heterocycles. The summed E-state index contributed by atoms with van der Waals surface area (Å²) in [6.07, 6.45) is 2.35. The summed E-state index contributed by atoms with van der Waals surface area (Å²) in [6.45, 7) is 0. The number of allylic oxidation sites excluding steroid dienone is 1. The molecule has 1 rings (SSSR count). The molecular weight excluding hydrogens is 186 g/mol. The molecule has 0 aromatic heterocycles. The molecule has 0 atom stereocenters. The minimum atomic E-state index is -0.926. The van der Waals surface area contributed by atoms with Crippen molar-refractivity contribution in [3.05, 3.63) is 41.0 Å². The Labute approximate surface area is 79.3 Å². The SMILES string of the molecule is N#CC=Cc1cc(F)c(C#N)c(F)c1. The Morgan fingerprint density at radius 1 is 1.14 bits per heavy atom. The van der Waals surface area contributed by atoms with Gasteiger partial charge in [-0.1, -0.05) is 0 Å². The van der Waals surface area contributed by atoms with E-state index in [1.165, 1.54) is 12.1 Å². The van der Waals surface area contributed by atoms with Gasteiger partial charge in [0.1, 0.15) is 23.3 Å².